The molecule has 0 amide bonds. The number of esters is 1. The first-order chi connectivity index (χ1) is 22.1. The summed E-state index contributed by atoms with van der Waals surface area (Å²) in [5.41, 5.74) is -1.04. The molecule has 0 radical (unpaired) electrons. The molecule has 0 unspecified atom stereocenters. The van der Waals surface area contributed by atoms with Gasteiger partial charge in [0.25, 0.3) is 0 Å². The first kappa shape index (κ1) is 39.5. The second-order valence-corrected chi connectivity index (χ2v) is 15.1. The van der Waals surface area contributed by atoms with Crippen LogP contribution in [-0.2, 0) is 35.0 Å². The lowest BCUT2D eigenvalue weighted by atomic mass is 9.74. The highest BCUT2D eigenvalue weighted by molar-refractivity contribution is 6.04. The number of aliphatic hydroxyl groups excluding tert-OH is 1. The Labute approximate surface area is 284 Å². The highest BCUT2D eigenvalue weighted by Crippen LogP contribution is 2.38. The van der Waals surface area contributed by atoms with Gasteiger partial charge in [0.1, 0.15) is 11.5 Å². The molecule has 2 aliphatic heterocycles. The average Bonchev–Trinajstić information content (AvgIpc) is 3.02. The minimum absolute atomic E-state index is 0.156. The highest BCUT2D eigenvalue weighted by atomic mass is 16.7. The number of rotatable bonds is 7. The number of cyclic esters (lactones) is 1. The number of nitrogens with zero attached hydrogens (tertiary/aromatic N) is 3. The van der Waals surface area contributed by atoms with Crippen LogP contribution < -0.4 is 0 Å². The lowest BCUT2D eigenvalue weighted by molar-refractivity contribution is -0.295. The molecule has 8 atom stereocenters. The topological polar surface area (TPSA) is 101 Å². The zero-order valence-corrected chi connectivity index (χ0v) is 30.7. The smallest absolute Gasteiger partial charge is 0.319 e. The molecule has 0 aromatic heterocycles. The second-order valence-electron chi connectivity index (χ2n) is 15.1. The SMILES string of the molecule is CO[C@]1(C)C[C@@H](C)CN(C)CCN(CCc2ccccc2)CCCOC(=O)C(C)(C)C(=O)[C@H](C)[C@H]1O[C@@H]1O[C@H](C)C[C@H](N(C)C)[C@H]1O. The molecule has 1 aromatic carbocycles. The number of hydrogen-bond donors (Lipinski definition) is 1. The Morgan fingerprint density at radius 3 is 2.36 bits per heavy atom. The molecule has 1 aromatic rings. The third-order valence-electron chi connectivity index (χ3n) is 10.2. The van der Waals surface area contributed by atoms with Gasteiger partial charge in [-0.1, -0.05) is 44.2 Å². The summed E-state index contributed by atoms with van der Waals surface area (Å²) in [5, 5.41) is 11.4. The van der Waals surface area contributed by atoms with Gasteiger partial charge in [-0.05, 0) is 86.0 Å². The summed E-state index contributed by atoms with van der Waals surface area (Å²) in [6, 6.07) is 10.3. The number of methoxy groups -OCH3 is 1. The van der Waals surface area contributed by atoms with Crippen molar-refractivity contribution in [3.05, 3.63) is 35.9 Å². The second kappa shape index (κ2) is 17.7. The lowest BCUT2D eigenvalue weighted by Crippen LogP contribution is -2.59. The number of ketones is 1. The maximum atomic E-state index is 14.2. The van der Waals surface area contributed by atoms with E-state index in [4.69, 9.17) is 18.9 Å². The molecular weight excluding hydrogens is 598 g/mol. The van der Waals surface area contributed by atoms with Crippen LogP contribution in [0.1, 0.15) is 66.4 Å². The van der Waals surface area contributed by atoms with Crippen molar-refractivity contribution in [2.24, 2.45) is 17.3 Å². The summed E-state index contributed by atoms with van der Waals surface area (Å²) in [5.74, 6) is -1.41. The Hall–Kier alpha value is -1.92. The molecule has 2 heterocycles. The van der Waals surface area contributed by atoms with Gasteiger partial charge in [0, 0.05) is 51.8 Å². The van der Waals surface area contributed by atoms with Crippen LogP contribution in [0.3, 0.4) is 0 Å². The standard InChI is InChI=1S/C37H63N3O7/c1-26-24-37(6,44-10)33(47-34-31(41)30(38(7)8)23-27(2)46-34)28(3)32(42)36(4,5)35(43)45-22-14-18-40(21-20-39(9)25-26)19-17-29-15-12-11-13-16-29/h11-13,15-16,26-28,30-31,33-34,41H,14,17-25H2,1-10H3/t26-,27-,28+,30+,31-,33-,34+,37-/m1/s1. The van der Waals surface area contributed by atoms with Crippen LogP contribution in [0.15, 0.2) is 30.3 Å². The summed E-state index contributed by atoms with van der Waals surface area (Å²) in [7, 11) is 7.64. The fourth-order valence-electron chi connectivity index (χ4n) is 7.31. The molecule has 0 aliphatic carbocycles. The van der Waals surface area contributed by atoms with Gasteiger partial charge in [-0.3, -0.25) is 9.59 Å². The number of carbonyl (C=O) groups is 2. The number of likely N-dealkylation sites (N-methyl/N-ethyl adjacent to an activating group) is 2. The molecule has 10 heteroatoms. The Kier molecular flexibility index (Phi) is 14.8. The molecule has 3 rings (SSSR count). The van der Waals surface area contributed by atoms with Crippen LogP contribution in [0.25, 0.3) is 0 Å². The number of ether oxygens (including phenoxy) is 4. The normalized spacial score (nSPS) is 34.6. The average molecular weight is 662 g/mol. The maximum absolute atomic E-state index is 14.2. The van der Waals surface area contributed by atoms with Crippen LogP contribution >= 0.6 is 0 Å². The molecule has 0 bridgehead atoms. The van der Waals surface area contributed by atoms with Crippen molar-refractivity contribution in [1.29, 1.82) is 0 Å². The van der Waals surface area contributed by atoms with Gasteiger partial charge in [0.05, 0.1) is 24.4 Å². The Balaban J connectivity index is 1.89. The fraction of sp³-hybridized carbons (Fsp3) is 0.784. The molecule has 268 valence electrons. The molecular formula is C37H63N3O7. The fourth-order valence-corrected chi connectivity index (χ4v) is 7.31. The van der Waals surface area contributed by atoms with Gasteiger partial charge < -0.3 is 38.8 Å². The van der Waals surface area contributed by atoms with Gasteiger partial charge in [-0.25, -0.2) is 0 Å². The van der Waals surface area contributed by atoms with E-state index in [1.54, 1.807) is 27.9 Å². The van der Waals surface area contributed by atoms with Gasteiger partial charge in [0.2, 0.25) is 0 Å². The number of carbonyl (C=O) groups excluding carboxylic acids is 2. The molecule has 10 nitrogen and oxygen atoms in total. The van der Waals surface area contributed by atoms with Crippen LogP contribution in [-0.4, -0.2) is 135 Å². The summed E-state index contributed by atoms with van der Waals surface area (Å²) in [6.45, 7) is 15.7. The Morgan fingerprint density at radius 2 is 1.72 bits per heavy atom. The summed E-state index contributed by atoms with van der Waals surface area (Å²) in [6.07, 6.45) is 0.00493. The molecule has 0 spiro atoms. The quantitative estimate of drug-likeness (QED) is 0.342. The maximum Gasteiger partial charge on any atom is 0.319 e. The monoisotopic (exact) mass is 661 g/mol. The van der Waals surface area contributed by atoms with Gasteiger partial charge in [-0.15, -0.1) is 0 Å². The minimum atomic E-state index is -1.41. The summed E-state index contributed by atoms with van der Waals surface area (Å²) in [4.78, 5) is 34.5. The zero-order valence-electron chi connectivity index (χ0n) is 30.7. The van der Waals surface area contributed by atoms with Crippen molar-refractivity contribution in [3.8, 4) is 0 Å². The van der Waals surface area contributed by atoms with E-state index >= 15 is 0 Å². The van der Waals surface area contributed by atoms with Crippen molar-refractivity contribution in [2.75, 3.05) is 67.6 Å². The molecule has 47 heavy (non-hydrogen) atoms. The highest BCUT2D eigenvalue weighted by Gasteiger charge is 2.51. The molecule has 2 saturated heterocycles. The van der Waals surface area contributed by atoms with Crippen LogP contribution in [0.4, 0.5) is 0 Å². The third-order valence-corrected chi connectivity index (χ3v) is 10.2. The Morgan fingerprint density at radius 1 is 1.04 bits per heavy atom. The van der Waals surface area contributed by atoms with Crippen molar-refractivity contribution in [2.45, 2.75) is 103 Å². The van der Waals surface area contributed by atoms with Crippen molar-refractivity contribution in [1.82, 2.24) is 14.7 Å². The summed E-state index contributed by atoms with van der Waals surface area (Å²) < 4.78 is 24.8. The Bertz CT molecular complexity index is 1120. The van der Waals surface area contributed by atoms with E-state index in [1.807, 2.05) is 38.9 Å². The number of aliphatic hydroxyl groups is 1. The van der Waals surface area contributed by atoms with E-state index in [0.717, 1.165) is 39.1 Å². The van der Waals surface area contributed by atoms with Crippen LogP contribution in [0.2, 0.25) is 0 Å². The van der Waals surface area contributed by atoms with Crippen molar-refractivity contribution < 1.29 is 33.6 Å². The molecule has 2 aliphatic rings. The molecule has 2 fully saturated rings. The predicted molar refractivity (Wildman–Crippen MR) is 184 cm³/mol. The molecule has 1 N–H and O–H groups in total. The number of hydrogen-bond acceptors (Lipinski definition) is 10. The lowest BCUT2D eigenvalue weighted by Gasteiger charge is -2.47. The first-order valence-electron chi connectivity index (χ1n) is 17.5. The van der Waals surface area contributed by atoms with E-state index in [-0.39, 0.29) is 30.5 Å². The van der Waals surface area contributed by atoms with E-state index < -0.39 is 41.4 Å². The first-order valence-corrected chi connectivity index (χ1v) is 17.5. The van der Waals surface area contributed by atoms with E-state index in [0.29, 0.717) is 19.3 Å². The number of Topliss-reactive ketones (excluding diaryl/α,β-unsaturated/α-hetero) is 1. The zero-order chi connectivity index (χ0) is 34.9. The van der Waals surface area contributed by atoms with Crippen LogP contribution in [0.5, 0.6) is 0 Å². The van der Waals surface area contributed by atoms with E-state index in [2.05, 4.69) is 48.0 Å². The van der Waals surface area contributed by atoms with Crippen molar-refractivity contribution in [3.63, 3.8) is 0 Å². The van der Waals surface area contributed by atoms with Gasteiger partial charge >= 0.3 is 5.97 Å². The summed E-state index contributed by atoms with van der Waals surface area (Å²) >= 11 is 0. The third kappa shape index (κ3) is 10.8. The van der Waals surface area contributed by atoms with E-state index in [1.165, 1.54) is 5.56 Å². The van der Waals surface area contributed by atoms with Crippen molar-refractivity contribution >= 4 is 11.8 Å². The minimum Gasteiger partial charge on any atom is -0.465 e. The van der Waals surface area contributed by atoms with Crippen LogP contribution in [0, 0.1) is 17.3 Å². The largest absolute Gasteiger partial charge is 0.465 e. The number of benzene rings is 1. The van der Waals surface area contributed by atoms with Gasteiger partial charge in [0.15, 0.2) is 12.1 Å². The van der Waals surface area contributed by atoms with Gasteiger partial charge in [-0.2, -0.15) is 0 Å². The molecule has 0 saturated carbocycles. The van der Waals surface area contributed by atoms with E-state index in [9.17, 15) is 14.7 Å². The predicted octanol–water partition coefficient (Wildman–Crippen LogP) is 3.88.